The summed E-state index contributed by atoms with van der Waals surface area (Å²) in [7, 11) is 0. The third-order valence-electron chi connectivity index (χ3n) is 4.27. The summed E-state index contributed by atoms with van der Waals surface area (Å²) in [5.74, 6) is 0. The Labute approximate surface area is 129 Å². The zero-order valence-electron chi connectivity index (χ0n) is 14.0. The SMILES string of the molecule is CCCN1CCOC(C(NCC)c2ccc(C)cc2C)C1. The second kappa shape index (κ2) is 7.92. The van der Waals surface area contributed by atoms with Crippen molar-refractivity contribution in [2.24, 2.45) is 0 Å². The Morgan fingerprint density at radius 2 is 2.14 bits per heavy atom. The molecule has 3 nitrogen and oxygen atoms in total. The van der Waals surface area contributed by atoms with E-state index in [1.165, 1.54) is 29.7 Å². The monoisotopic (exact) mass is 290 g/mol. The van der Waals surface area contributed by atoms with Crippen molar-refractivity contribution in [2.45, 2.75) is 46.3 Å². The lowest BCUT2D eigenvalue weighted by atomic mass is 9.94. The van der Waals surface area contributed by atoms with E-state index in [0.29, 0.717) is 0 Å². The first-order valence-electron chi connectivity index (χ1n) is 8.30. The number of aryl methyl sites for hydroxylation is 2. The van der Waals surface area contributed by atoms with Crippen LogP contribution in [-0.2, 0) is 4.74 Å². The van der Waals surface area contributed by atoms with Crippen LogP contribution in [0.1, 0.15) is 43.0 Å². The standard InChI is InChI=1S/C18H30N2O/c1-5-9-20-10-11-21-17(13-20)18(19-6-2)16-8-7-14(3)12-15(16)4/h7-8,12,17-19H,5-6,9-11,13H2,1-4H3. The number of ether oxygens (including phenoxy) is 1. The molecule has 1 saturated heterocycles. The summed E-state index contributed by atoms with van der Waals surface area (Å²) in [6.45, 7) is 13.8. The summed E-state index contributed by atoms with van der Waals surface area (Å²) in [5.41, 5.74) is 4.06. The fraction of sp³-hybridized carbons (Fsp3) is 0.667. The van der Waals surface area contributed by atoms with Crippen molar-refractivity contribution in [3.8, 4) is 0 Å². The van der Waals surface area contributed by atoms with Crippen LogP contribution in [0, 0.1) is 13.8 Å². The van der Waals surface area contributed by atoms with Crippen molar-refractivity contribution in [3.63, 3.8) is 0 Å². The van der Waals surface area contributed by atoms with Crippen LogP contribution in [0.25, 0.3) is 0 Å². The van der Waals surface area contributed by atoms with Gasteiger partial charge in [-0.1, -0.05) is 37.6 Å². The molecule has 1 aliphatic rings. The first-order chi connectivity index (χ1) is 10.2. The molecule has 21 heavy (non-hydrogen) atoms. The minimum atomic E-state index is 0.242. The van der Waals surface area contributed by atoms with E-state index in [1.807, 2.05) is 0 Å². The Kier molecular flexibility index (Phi) is 6.22. The number of likely N-dealkylation sites (N-methyl/N-ethyl adjacent to an activating group) is 1. The van der Waals surface area contributed by atoms with Gasteiger partial charge in [0.25, 0.3) is 0 Å². The average molecular weight is 290 g/mol. The highest BCUT2D eigenvalue weighted by Crippen LogP contribution is 2.26. The molecule has 0 aliphatic carbocycles. The van der Waals surface area contributed by atoms with Gasteiger partial charge in [-0.3, -0.25) is 4.90 Å². The summed E-state index contributed by atoms with van der Waals surface area (Å²) >= 11 is 0. The van der Waals surface area contributed by atoms with Crippen LogP contribution in [0.15, 0.2) is 18.2 Å². The topological polar surface area (TPSA) is 24.5 Å². The number of hydrogen-bond donors (Lipinski definition) is 1. The second-order valence-corrected chi connectivity index (χ2v) is 6.11. The van der Waals surface area contributed by atoms with E-state index in [2.05, 4.69) is 56.1 Å². The quantitative estimate of drug-likeness (QED) is 0.871. The van der Waals surface area contributed by atoms with Crippen molar-refractivity contribution in [2.75, 3.05) is 32.8 Å². The van der Waals surface area contributed by atoms with Crippen molar-refractivity contribution in [3.05, 3.63) is 34.9 Å². The minimum Gasteiger partial charge on any atom is -0.374 e. The van der Waals surface area contributed by atoms with Crippen LogP contribution in [0.3, 0.4) is 0 Å². The summed E-state index contributed by atoms with van der Waals surface area (Å²) < 4.78 is 6.10. The van der Waals surface area contributed by atoms with E-state index < -0.39 is 0 Å². The molecule has 1 aliphatic heterocycles. The highest BCUT2D eigenvalue weighted by atomic mass is 16.5. The zero-order valence-corrected chi connectivity index (χ0v) is 14.0. The molecule has 0 spiro atoms. The molecule has 0 saturated carbocycles. The van der Waals surface area contributed by atoms with Crippen LogP contribution < -0.4 is 5.32 Å². The van der Waals surface area contributed by atoms with Crippen LogP contribution in [0.4, 0.5) is 0 Å². The van der Waals surface area contributed by atoms with Crippen molar-refractivity contribution in [1.29, 1.82) is 0 Å². The van der Waals surface area contributed by atoms with E-state index in [-0.39, 0.29) is 12.1 Å². The molecule has 0 radical (unpaired) electrons. The molecule has 0 amide bonds. The van der Waals surface area contributed by atoms with Gasteiger partial charge in [-0.15, -0.1) is 0 Å². The third-order valence-corrected chi connectivity index (χ3v) is 4.27. The number of nitrogens with zero attached hydrogens (tertiary/aromatic N) is 1. The Hall–Kier alpha value is -0.900. The van der Waals surface area contributed by atoms with Gasteiger partial charge in [-0.05, 0) is 44.5 Å². The Morgan fingerprint density at radius 1 is 1.33 bits per heavy atom. The smallest absolute Gasteiger partial charge is 0.0897 e. The first kappa shape index (κ1) is 16.5. The van der Waals surface area contributed by atoms with Crippen LogP contribution in [0.2, 0.25) is 0 Å². The van der Waals surface area contributed by atoms with E-state index in [1.54, 1.807) is 0 Å². The lowest BCUT2D eigenvalue weighted by Gasteiger charge is -2.38. The molecular formula is C18H30N2O. The van der Waals surface area contributed by atoms with Gasteiger partial charge < -0.3 is 10.1 Å². The van der Waals surface area contributed by atoms with Gasteiger partial charge in [-0.25, -0.2) is 0 Å². The molecule has 1 N–H and O–H groups in total. The molecule has 2 unspecified atom stereocenters. The lowest BCUT2D eigenvalue weighted by Crippen LogP contribution is -2.48. The van der Waals surface area contributed by atoms with E-state index in [4.69, 9.17) is 4.74 Å². The molecule has 1 aromatic rings. The summed E-state index contributed by atoms with van der Waals surface area (Å²) in [6.07, 6.45) is 1.45. The molecule has 1 heterocycles. The van der Waals surface area contributed by atoms with Crippen molar-refractivity contribution < 1.29 is 4.74 Å². The zero-order chi connectivity index (χ0) is 15.2. The number of morpholine rings is 1. The van der Waals surface area contributed by atoms with Gasteiger partial charge in [-0.2, -0.15) is 0 Å². The largest absolute Gasteiger partial charge is 0.374 e. The first-order valence-corrected chi connectivity index (χ1v) is 8.30. The average Bonchev–Trinajstić information content (AvgIpc) is 2.46. The Bertz CT molecular complexity index is 445. The Morgan fingerprint density at radius 3 is 2.81 bits per heavy atom. The maximum absolute atomic E-state index is 6.10. The molecule has 0 bridgehead atoms. The number of rotatable bonds is 6. The molecule has 118 valence electrons. The molecule has 1 fully saturated rings. The summed E-state index contributed by atoms with van der Waals surface area (Å²) in [6, 6.07) is 7.03. The summed E-state index contributed by atoms with van der Waals surface area (Å²) in [5, 5.41) is 3.64. The number of hydrogen-bond acceptors (Lipinski definition) is 3. The van der Waals surface area contributed by atoms with E-state index in [0.717, 1.165) is 26.2 Å². The normalized spacial score (nSPS) is 21.4. The maximum atomic E-state index is 6.10. The number of benzene rings is 1. The molecular weight excluding hydrogens is 260 g/mol. The van der Waals surface area contributed by atoms with Crippen LogP contribution in [0.5, 0.6) is 0 Å². The predicted octanol–water partition coefficient (Wildman–Crippen LogP) is 3.06. The predicted molar refractivity (Wildman–Crippen MR) is 88.8 cm³/mol. The van der Waals surface area contributed by atoms with Gasteiger partial charge in [0, 0.05) is 13.1 Å². The van der Waals surface area contributed by atoms with E-state index >= 15 is 0 Å². The second-order valence-electron chi connectivity index (χ2n) is 6.11. The highest BCUT2D eigenvalue weighted by Gasteiger charge is 2.29. The fourth-order valence-electron chi connectivity index (χ4n) is 3.29. The van der Waals surface area contributed by atoms with Gasteiger partial charge in [0.1, 0.15) is 0 Å². The molecule has 2 rings (SSSR count). The van der Waals surface area contributed by atoms with Crippen LogP contribution in [-0.4, -0.2) is 43.8 Å². The van der Waals surface area contributed by atoms with Crippen LogP contribution >= 0.6 is 0 Å². The lowest BCUT2D eigenvalue weighted by molar-refractivity contribution is -0.0469. The molecule has 3 heteroatoms. The van der Waals surface area contributed by atoms with Gasteiger partial charge in [0.05, 0.1) is 18.8 Å². The van der Waals surface area contributed by atoms with E-state index in [9.17, 15) is 0 Å². The van der Waals surface area contributed by atoms with Crippen molar-refractivity contribution >= 4 is 0 Å². The highest BCUT2D eigenvalue weighted by molar-refractivity contribution is 5.33. The fourth-order valence-corrected chi connectivity index (χ4v) is 3.29. The maximum Gasteiger partial charge on any atom is 0.0897 e. The van der Waals surface area contributed by atoms with Gasteiger partial charge in [0.15, 0.2) is 0 Å². The van der Waals surface area contributed by atoms with Crippen molar-refractivity contribution in [1.82, 2.24) is 10.2 Å². The summed E-state index contributed by atoms with van der Waals surface area (Å²) in [4.78, 5) is 2.53. The minimum absolute atomic E-state index is 0.242. The molecule has 2 atom stereocenters. The molecule has 1 aromatic carbocycles. The number of nitrogens with one attached hydrogen (secondary N) is 1. The molecule has 0 aromatic heterocycles. The van der Waals surface area contributed by atoms with Gasteiger partial charge >= 0.3 is 0 Å². The third kappa shape index (κ3) is 4.29. The Balaban J connectivity index is 2.17. The van der Waals surface area contributed by atoms with Gasteiger partial charge in [0.2, 0.25) is 0 Å².